The minimum absolute atomic E-state index is 0.134. The zero-order valence-electron chi connectivity index (χ0n) is 12.6. The predicted octanol–water partition coefficient (Wildman–Crippen LogP) is 4.78. The van der Waals surface area contributed by atoms with Crippen molar-refractivity contribution in [3.63, 3.8) is 0 Å². The molecule has 2 heteroatoms. The van der Waals surface area contributed by atoms with E-state index in [1.54, 1.807) is 0 Å². The minimum atomic E-state index is -0.318. The number of esters is 1. The third kappa shape index (κ3) is 2.33. The first-order chi connectivity index (χ1) is 11.2. The quantitative estimate of drug-likeness (QED) is 0.503. The van der Waals surface area contributed by atoms with Crippen LogP contribution >= 0.6 is 0 Å². The van der Waals surface area contributed by atoms with Gasteiger partial charge in [0.15, 0.2) is 0 Å². The second-order valence-electron chi connectivity index (χ2n) is 5.85. The zero-order valence-corrected chi connectivity index (χ0v) is 12.6. The van der Waals surface area contributed by atoms with Gasteiger partial charge >= 0.3 is 5.97 Å². The fourth-order valence-corrected chi connectivity index (χ4v) is 3.25. The molecule has 23 heavy (non-hydrogen) atoms. The smallest absolute Gasteiger partial charge is 0.334 e. The van der Waals surface area contributed by atoms with Gasteiger partial charge in [-0.1, -0.05) is 73.3 Å². The van der Waals surface area contributed by atoms with Crippen molar-refractivity contribution in [2.45, 2.75) is 12.0 Å². The predicted molar refractivity (Wildman–Crippen MR) is 91.1 cm³/mol. The maximum absolute atomic E-state index is 12.1. The molecule has 1 aliphatic heterocycles. The summed E-state index contributed by atoms with van der Waals surface area (Å²) in [7, 11) is 0. The van der Waals surface area contributed by atoms with E-state index in [0.29, 0.717) is 5.57 Å². The Morgan fingerprint density at radius 2 is 1.48 bits per heavy atom. The van der Waals surface area contributed by atoms with Gasteiger partial charge in [-0.25, -0.2) is 4.79 Å². The number of ether oxygens (including phenoxy) is 1. The highest BCUT2D eigenvalue weighted by Gasteiger charge is 2.40. The molecule has 0 N–H and O–H groups in total. The van der Waals surface area contributed by atoms with Crippen LogP contribution in [0.15, 0.2) is 84.9 Å². The first-order valence-electron chi connectivity index (χ1n) is 7.67. The van der Waals surface area contributed by atoms with Crippen molar-refractivity contribution in [2.75, 3.05) is 0 Å². The number of benzene rings is 3. The molecule has 3 aromatic carbocycles. The number of hydrogen-bond acceptors (Lipinski definition) is 2. The van der Waals surface area contributed by atoms with Crippen molar-refractivity contribution in [2.24, 2.45) is 0 Å². The van der Waals surface area contributed by atoms with Crippen molar-refractivity contribution in [1.82, 2.24) is 0 Å². The van der Waals surface area contributed by atoms with Crippen molar-refractivity contribution in [3.8, 4) is 0 Å². The lowest BCUT2D eigenvalue weighted by Gasteiger charge is -2.19. The normalized spacial score (nSPS) is 20.7. The molecular weight excluding hydrogens is 284 g/mol. The molecule has 1 fully saturated rings. The topological polar surface area (TPSA) is 26.3 Å². The molecule has 112 valence electrons. The van der Waals surface area contributed by atoms with Crippen LogP contribution in [0.5, 0.6) is 0 Å². The van der Waals surface area contributed by atoms with Gasteiger partial charge in [-0.05, 0) is 28.0 Å². The number of hydrogen-bond donors (Lipinski definition) is 0. The molecule has 3 aromatic rings. The van der Waals surface area contributed by atoms with E-state index < -0.39 is 0 Å². The van der Waals surface area contributed by atoms with E-state index in [1.165, 1.54) is 5.39 Å². The highest BCUT2D eigenvalue weighted by Crippen LogP contribution is 2.45. The Balaban J connectivity index is 1.81. The number of cyclic esters (lactones) is 1. The minimum Gasteiger partial charge on any atom is -0.453 e. The van der Waals surface area contributed by atoms with E-state index in [2.05, 4.69) is 30.8 Å². The molecule has 0 aliphatic carbocycles. The zero-order chi connectivity index (χ0) is 15.8. The molecule has 2 unspecified atom stereocenters. The van der Waals surface area contributed by atoms with Gasteiger partial charge in [-0.15, -0.1) is 0 Å². The fourth-order valence-electron chi connectivity index (χ4n) is 3.25. The molecule has 4 rings (SSSR count). The van der Waals surface area contributed by atoms with Crippen LogP contribution in [-0.4, -0.2) is 5.97 Å². The van der Waals surface area contributed by atoms with E-state index >= 15 is 0 Å². The standard InChI is InChI=1S/C21H16O2/c1-14-19(16-8-3-2-4-9-16)20(23-21(14)22)18-12-11-15-7-5-6-10-17(15)13-18/h2-13,19-20H,1H2. The summed E-state index contributed by atoms with van der Waals surface area (Å²) in [5, 5.41) is 2.32. The second-order valence-corrected chi connectivity index (χ2v) is 5.85. The van der Waals surface area contributed by atoms with Crippen LogP contribution in [0, 0.1) is 0 Å². The fraction of sp³-hybridized carbons (Fsp3) is 0.0952. The van der Waals surface area contributed by atoms with E-state index in [4.69, 9.17) is 4.74 Å². The summed E-state index contributed by atoms with van der Waals surface area (Å²) in [6.07, 6.45) is -0.318. The Hall–Kier alpha value is -2.87. The van der Waals surface area contributed by atoms with Crippen LogP contribution in [0.2, 0.25) is 0 Å². The Morgan fingerprint density at radius 1 is 0.783 bits per heavy atom. The third-order valence-electron chi connectivity index (χ3n) is 4.44. The SMILES string of the molecule is C=C1C(=O)OC(c2ccc3ccccc3c2)C1c1ccccc1. The summed E-state index contributed by atoms with van der Waals surface area (Å²) in [4.78, 5) is 12.1. The van der Waals surface area contributed by atoms with Crippen LogP contribution < -0.4 is 0 Å². The van der Waals surface area contributed by atoms with E-state index in [0.717, 1.165) is 16.5 Å². The summed E-state index contributed by atoms with van der Waals surface area (Å²) in [6, 6.07) is 24.3. The van der Waals surface area contributed by atoms with Crippen LogP contribution in [0.3, 0.4) is 0 Å². The lowest BCUT2D eigenvalue weighted by Crippen LogP contribution is -2.07. The van der Waals surface area contributed by atoms with Crippen LogP contribution in [-0.2, 0) is 9.53 Å². The number of carbonyl (C=O) groups is 1. The largest absolute Gasteiger partial charge is 0.453 e. The third-order valence-corrected chi connectivity index (χ3v) is 4.44. The summed E-state index contributed by atoms with van der Waals surface area (Å²) in [5.74, 6) is -0.443. The van der Waals surface area contributed by atoms with Crippen LogP contribution in [0.1, 0.15) is 23.1 Å². The Morgan fingerprint density at radius 3 is 2.26 bits per heavy atom. The van der Waals surface area contributed by atoms with Gasteiger partial charge in [0.2, 0.25) is 0 Å². The van der Waals surface area contributed by atoms with Gasteiger partial charge in [0, 0.05) is 5.57 Å². The Bertz CT molecular complexity index is 896. The number of rotatable bonds is 2. The summed E-state index contributed by atoms with van der Waals surface area (Å²) in [5.41, 5.74) is 2.58. The molecule has 0 saturated carbocycles. The van der Waals surface area contributed by atoms with Crippen molar-refractivity contribution >= 4 is 16.7 Å². The summed E-state index contributed by atoms with van der Waals surface area (Å²) in [6.45, 7) is 3.96. The van der Waals surface area contributed by atoms with Crippen molar-refractivity contribution < 1.29 is 9.53 Å². The highest BCUT2D eigenvalue weighted by molar-refractivity contribution is 5.93. The molecule has 0 spiro atoms. The van der Waals surface area contributed by atoms with Gasteiger partial charge in [0.05, 0.1) is 5.92 Å². The molecule has 0 radical (unpaired) electrons. The summed E-state index contributed by atoms with van der Waals surface area (Å²) < 4.78 is 5.64. The highest BCUT2D eigenvalue weighted by atomic mass is 16.6. The summed E-state index contributed by atoms with van der Waals surface area (Å²) >= 11 is 0. The molecule has 1 saturated heterocycles. The van der Waals surface area contributed by atoms with Crippen LogP contribution in [0.25, 0.3) is 10.8 Å². The van der Waals surface area contributed by atoms with Gasteiger partial charge in [0.1, 0.15) is 6.10 Å². The lowest BCUT2D eigenvalue weighted by atomic mass is 9.85. The van der Waals surface area contributed by atoms with Crippen LogP contribution in [0.4, 0.5) is 0 Å². The van der Waals surface area contributed by atoms with Gasteiger partial charge in [-0.3, -0.25) is 0 Å². The van der Waals surface area contributed by atoms with E-state index in [-0.39, 0.29) is 18.0 Å². The van der Waals surface area contributed by atoms with Crippen molar-refractivity contribution in [3.05, 3.63) is 96.1 Å². The molecule has 0 aromatic heterocycles. The monoisotopic (exact) mass is 300 g/mol. The van der Waals surface area contributed by atoms with Gasteiger partial charge < -0.3 is 4.74 Å². The van der Waals surface area contributed by atoms with Gasteiger partial charge in [-0.2, -0.15) is 0 Å². The van der Waals surface area contributed by atoms with Gasteiger partial charge in [0.25, 0.3) is 0 Å². The molecule has 1 heterocycles. The Labute approximate surface area is 135 Å². The average Bonchev–Trinajstić information content (AvgIpc) is 2.90. The molecule has 0 amide bonds. The van der Waals surface area contributed by atoms with Crippen molar-refractivity contribution in [1.29, 1.82) is 0 Å². The maximum atomic E-state index is 12.1. The molecule has 0 bridgehead atoms. The molecular formula is C21H16O2. The first-order valence-corrected chi connectivity index (χ1v) is 7.67. The second kappa shape index (κ2) is 5.40. The van der Waals surface area contributed by atoms with E-state index in [9.17, 15) is 4.79 Å². The molecule has 2 nitrogen and oxygen atoms in total. The number of fused-ring (bicyclic) bond motifs is 1. The lowest BCUT2D eigenvalue weighted by molar-refractivity contribution is -0.139. The average molecular weight is 300 g/mol. The maximum Gasteiger partial charge on any atom is 0.334 e. The number of carbonyl (C=O) groups excluding carboxylic acids is 1. The first kappa shape index (κ1) is 13.8. The molecule has 1 aliphatic rings. The molecule has 2 atom stereocenters. The van der Waals surface area contributed by atoms with E-state index in [1.807, 2.05) is 48.5 Å². The Kier molecular flexibility index (Phi) is 3.23.